The van der Waals surface area contributed by atoms with Crippen LogP contribution in [0, 0.1) is 46.3 Å². The molecule has 0 heterocycles. The third-order valence-corrected chi connectivity index (χ3v) is 11.0. The van der Waals surface area contributed by atoms with Crippen molar-refractivity contribution in [1.82, 2.24) is 0 Å². The van der Waals surface area contributed by atoms with E-state index < -0.39 is 5.97 Å². The second kappa shape index (κ2) is 8.74. The van der Waals surface area contributed by atoms with E-state index >= 15 is 0 Å². The van der Waals surface area contributed by atoms with Gasteiger partial charge in [-0.25, -0.2) is 4.79 Å². The van der Waals surface area contributed by atoms with Gasteiger partial charge < -0.3 is 14.2 Å². The molecule has 6 heteroatoms. The van der Waals surface area contributed by atoms with Crippen molar-refractivity contribution in [2.24, 2.45) is 46.3 Å². The molecule has 4 fully saturated rings. The maximum absolute atomic E-state index is 11.0. The van der Waals surface area contributed by atoms with E-state index in [1.807, 2.05) is 6.08 Å². The molecule has 12 atom stereocenters. The van der Waals surface area contributed by atoms with E-state index in [0.717, 1.165) is 18.8 Å². The van der Waals surface area contributed by atoms with Gasteiger partial charge in [0.2, 0.25) is 0 Å². The third kappa shape index (κ3) is 3.72. The zero-order valence-corrected chi connectivity index (χ0v) is 21.1. The highest BCUT2D eigenvalue weighted by atomic mass is 31.0. The summed E-state index contributed by atoms with van der Waals surface area (Å²) in [6.07, 6.45) is 13.7. The van der Waals surface area contributed by atoms with Gasteiger partial charge in [-0.3, -0.25) is 0 Å². The molecule has 4 saturated carbocycles. The van der Waals surface area contributed by atoms with Crippen LogP contribution in [0.1, 0.15) is 72.1 Å². The van der Waals surface area contributed by atoms with Gasteiger partial charge in [-0.05, 0) is 97.7 Å². The van der Waals surface area contributed by atoms with Crippen LogP contribution in [-0.2, 0) is 13.8 Å². The molecule has 0 saturated heterocycles. The van der Waals surface area contributed by atoms with Crippen LogP contribution in [-0.4, -0.2) is 23.3 Å². The highest BCUT2D eigenvalue weighted by Crippen LogP contribution is 2.68. The molecule has 1 N–H and O–H groups in total. The van der Waals surface area contributed by atoms with Gasteiger partial charge in [-0.1, -0.05) is 26.8 Å². The molecule has 4 nitrogen and oxygen atoms in total. The van der Waals surface area contributed by atoms with Crippen molar-refractivity contribution in [3.05, 3.63) is 12.2 Å². The Morgan fingerprint density at radius 1 is 1.03 bits per heavy atom. The van der Waals surface area contributed by atoms with Crippen LogP contribution in [0.2, 0.25) is 0 Å². The van der Waals surface area contributed by atoms with Crippen molar-refractivity contribution in [2.75, 3.05) is 0 Å². The van der Waals surface area contributed by atoms with Gasteiger partial charge in [-0.15, -0.1) is 0 Å². The fourth-order valence-electron chi connectivity index (χ4n) is 8.70. The number of hydrogen-bond donors (Lipinski definition) is 1. The predicted molar refractivity (Wildman–Crippen MR) is 126 cm³/mol. The molecular weight excluding hydrogens is 414 g/mol. The summed E-state index contributed by atoms with van der Waals surface area (Å²) in [5, 5.41) is 9.08. The first-order chi connectivity index (χ1) is 14.2. The fourth-order valence-corrected chi connectivity index (χ4v) is 9.24. The molecule has 0 spiro atoms. The van der Waals surface area contributed by atoms with Crippen molar-refractivity contribution < 1.29 is 18.9 Å². The van der Waals surface area contributed by atoms with E-state index in [1.165, 1.54) is 44.6 Å². The summed E-state index contributed by atoms with van der Waals surface area (Å²) in [5.41, 5.74) is 0.687. The molecule has 4 aliphatic carbocycles. The van der Waals surface area contributed by atoms with E-state index in [4.69, 9.17) is 14.2 Å². The lowest BCUT2D eigenvalue weighted by Crippen LogP contribution is -2.58. The summed E-state index contributed by atoms with van der Waals surface area (Å²) < 4.78 is 11.8. The molecule has 0 aromatic heterocycles. The van der Waals surface area contributed by atoms with Crippen LogP contribution in [0.3, 0.4) is 0 Å². The molecule has 30 heavy (non-hydrogen) atoms. The fraction of sp³-hybridized carbons (Fsp3) is 0.875. The Kier molecular flexibility index (Phi) is 6.74. The number of hydrogen-bond acceptors (Lipinski definition) is 3. The molecule has 3 unspecified atom stereocenters. The summed E-state index contributed by atoms with van der Waals surface area (Å²) in [5.74, 6) is 2.76. The Hall–Kier alpha value is -0.0100. The zero-order valence-electron chi connectivity index (χ0n) is 18.8. The highest BCUT2D eigenvalue weighted by molar-refractivity contribution is 7.10. The molecule has 0 aliphatic heterocycles. The molecule has 4 aliphatic rings. The Balaban J connectivity index is 1.60. The van der Waals surface area contributed by atoms with Crippen LogP contribution < -0.4 is 0 Å². The van der Waals surface area contributed by atoms with Crippen LogP contribution in [0.15, 0.2) is 12.2 Å². The van der Waals surface area contributed by atoms with E-state index in [1.54, 1.807) is 0 Å². The van der Waals surface area contributed by atoms with Crippen molar-refractivity contribution in [1.29, 1.82) is 0 Å². The number of allylic oxidation sites excluding steroid dienone is 1. The molecule has 170 valence electrons. The van der Waals surface area contributed by atoms with Gasteiger partial charge in [0.05, 0.1) is 12.2 Å². The first-order valence-electron chi connectivity index (χ1n) is 11.9. The Morgan fingerprint density at radius 3 is 2.40 bits per heavy atom. The standard InChI is InChI=1S/C24H40O4P2/c1-14(4-7-21(25)26)17-5-6-18-22-19(9-11-24(17,18)3)23(2)10-8-16(27-29)12-15(23)13-20(22)28-30/h4,7,14-20,22H,5-6,8-13,29-30H2,1-3H3,(H,25,26)/b7-4+/t14-,15+,16-,17?,18+,19+,20-,22+,23+,24-/m1/s1. The molecular formula is C24H40O4P2. The van der Waals surface area contributed by atoms with Gasteiger partial charge >= 0.3 is 5.97 Å². The Labute approximate surface area is 186 Å². The lowest BCUT2D eigenvalue weighted by atomic mass is 9.43. The summed E-state index contributed by atoms with van der Waals surface area (Å²) in [6, 6.07) is 0. The highest BCUT2D eigenvalue weighted by Gasteiger charge is 2.63. The van der Waals surface area contributed by atoms with E-state index in [9.17, 15) is 4.79 Å². The second-order valence-corrected chi connectivity index (χ2v) is 11.8. The maximum Gasteiger partial charge on any atom is 0.327 e. The quantitative estimate of drug-likeness (QED) is 0.416. The van der Waals surface area contributed by atoms with Gasteiger partial charge in [0.15, 0.2) is 0 Å². The molecule has 0 radical (unpaired) electrons. The van der Waals surface area contributed by atoms with E-state index in [0.29, 0.717) is 47.2 Å². The number of fused-ring (bicyclic) bond motifs is 5. The minimum atomic E-state index is -0.835. The first kappa shape index (κ1) is 23.2. The topological polar surface area (TPSA) is 55.8 Å². The van der Waals surface area contributed by atoms with E-state index in [2.05, 4.69) is 39.7 Å². The molecule has 0 bridgehead atoms. The summed E-state index contributed by atoms with van der Waals surface area (Å²) in [7, 11) is 5.08. The van der Waals surface area contributed by atoms with Crippen LogP contribution >= 0.6 is 18.9 Å². The minimum Gasteiger partial charge on any atom is -0.478 e. The van der Waals surface area contributed by atoms with Crippen molar-refractivity contribution >= 4 is 24.9 Å². The minimum absolute atomic E-state index is 0.286. The number of carboxylic acids is 1. The van der Waals surface area contributed by atoms with Crippen molar-refractivity contribution in [3.63, 3.8) is 0 Å². The van der Waals surface area contributed by atoms with Gasteiger partial charge in [0, 0.05) is 25.0 Å². The second-order valence-electron chi connectivity index (χ2n) is 11.2. The maximum atomic E-state index is 11.0. The van der Waals surface area contributed by atoms with Crippen LogP contribution in [0.5, 0.6) is 0 Å². The molecule has 4 rings (SSSR count). The Bertz CT molecular complexity index is 684. The Morgan fingerprint density at radius 2 is 1.73 bits per heavy atom. The third-order valence-electron chi connectivity index (χ3n) is 10.2. The SMILES string of the molecule is C[C@H](/C=C/C(=O)O)C1CC[C@H]2[C@@H]3[C@H](OP)C[C@@H]4C[C@H](OP)CC[C@]4(C)[C@H]3CC[C@]12C. The number of aliphatic carboxylic acids is 1. The monoisotopic (exact) mass is 454 g/mol. The largest absolute Gasteiger partial charge is 0.478 e. The molecule has 0 aromatic rings. The summed E-state index contributed by atoms with van der Waals surface area (Å²) in [6.45, 7) is 7.29. The zero-order chi connectivity index (χ0) is 21.7. The van der Waals surface area contributed by atoms with Gasteiger partial charge in [-0.2, -0.15) is 0 Å². The summed E-state index contributed by atoms with van der Waals surface area (Å²) in [4.78, 5) is 11.0. The average molecular weight is 455 g/mol. The smallest absolute Gasteiger partial charge is 0.327 e. The van der Waals surface area contributed by atoms with Gasteiger partial charge in [0.1, 0.15) is 0 Å². The van der Waals surface area contributed by atoms with Gasteiger partial charge in [0.25, 0.3) is 0 Å². The number of carboxylic acid groups (broad SMARTS) is 1. The average Bonchev–Trinajstić information content (AvgIpc) is 3.08. The lowest BCUT2D eigenvalue weighted by molar-refractivity contribution is -0.162. The number of rotatable bonds is 5. The first-order valence-corrected chi connectivity index (χ1v) is 12.8. The van der Waals surface area contributed by atoms with Crippen molar-refractivity contribution in [3.8, 4) is 0 Å². The number of carbonyl (C=O) groups is 1. The summed E-state index contributed by atoms with van der Waals surface area (Å²) >= 11 is 0. The van der Waals surface area contributed by atoms with Crippen LogP contribution in [0.4, 0.5) is 0 Å². The normalized spacial score (nSPS) is 49.3. The molecule has 0 aromatic carbocycles. The van der Waals surface area contributed by atoms with E-state index in [-0.39, 0.29) is 5.41 Å². The van der Waals surface area contributed by atoms with Crippen LogP contribution in [0.25, 0.3) is 0 Å². The molecule has 0 amide bonds. The predicted octanol–water partition coefficient (Wildman–Crippen LogP) is 5.88. The lowest BCUT2D eigenvalue weighted by Gasteiger charge is -2.63. The van der Waals surface area contributed by atoms with Crippen molar-refractivity contribution in [2.45, 2.75) is 84.3 Å².